The lowest BCUT2D eigenvalue weighted by molar-refractivity contribution is -0.903. The number of benzene rings is 2. The summed E-state index contributed by atoms with van der Waals surface area (Å²) < 4.78 is 0.817. The van der Waals surface area contributed by atoms with E-state index in [0.29, 0.717) is 6.54 Å². The van der Waals surface area contributed by atoms with Gasteiger partial charge in [-0.25, -0.2) is 4.79 Å². The van der Waals surface area contributed by atoms with E-state index in [4.69, 9.17) is 5.11 Å². The number of carbonyl (C=O) groups is 3. The number of aliphatic carboxylic acids is 1. The van der Waals surface area contributed by atoms with Crippen molar-refractivity contribution < 1.29 is 36.4 Å². The summed E-state index contributed by atoms with van der Waals surface area (Å²) in [5.41, 5.74) is 1.33. The van der Waals surface area contributed by atoms with Gasteiger partial charge in [-0.3, -0.25) is 14.5 Å². The Morgan fingerprint density at radius 1 is 1.07 bits per heavy atom. The average Bonchev–Trinajstić information content (AvgIpc) is 3.00. The first-order valence-corrected chi connectivity index (χ1v) is 9.41. The summed E-state index contributed by atoms with van der Waals surface area (Å²) in [6.45, 7) is 5.27. The van der Waals surface area contributed by atoms with Gasteiger partial charge < -0.3 is 22.0 Å². The Morgan fingerprint density at radius 2 is 1.63 bits per heavy atom. The number of carboxylic acid groups (broad SMARTS) is 1. The Labute approximate surface area is 183 Å². The molecule has 2 aromatic rings. The lowest BCUT2D eigenvalue weighted by Crippen LogP contribution is -3.00. The Hall–Kier alpha value is -2.96. The van der Waals surface area contributed by atoms with Crippen LogP contribution < -0.4 is 12.4 Å². The Kier molecular flexibility index (Phi) is 9.43. The van der Waals surface area contributed by atoms with Crippen LogP contribution in [0, 0.1) is 0 Å². The van der Waals surface area contributed by atoms with Crippen molar-refractivity contribution >= 4 is 28.6 Å². The molecule has 0 saturated heterocycles. The third-order valence-corrected chi connectivity index (χ3v) is 4.70. The van der Waals surface area contributed by atoms with Crippen LogP contribution in [0.25, 0.3) is 10.8 Å². The van der Waals surface area contributed by atoms with Crippen LogP contribution in [-0.2, 0) is 20.9 Å². The fourth-order valence-corrected chi connectivity index (χ4v) is 3.28. The van der Waals surface area contributed by atoms with Gasteiger partial charge in [0.15, 0.2) is 0 Å². The van der Waals surface area contributed by atoms with Crippen LogP contribution in [-0.4, -0.2) is 59.5 Å². The van der Waals surface area contributed by atoms with Gasteiger partial charge in [0.1, 0.15) is 6.54 Å². The molecule has 2 aromatic carbocycles. The van der Waals surface area contributed by atoms with Gasteiger partial charge in [0.05, 0.1) is 20.6 Å². The highest BCUT2D eigenvalue weighted by atomic mass is 35.5. The molecule has 1 heterocycles. The van der Waals surface area contributed by atoms with Crippen LogP contribution in [0.4, 0.5) is 0 Å². The first kappa shape index (κ1) is 25.1. The molecular weight excluding hydrogens is 404 g/mol. The Bertz CT molecular complexity index is 930. The minimum Gasteiger partial charge on any atom is -1.00 e. The number of carbonyl (C=O) groups excluding carboxylic acids is 2. The van der Waals surface area contributed by atoms with Crippen LogP contribution >= 0.6 is 0 Å². The molecule has 1 aliphatic heterocycles. The molecule has 0 radical (unpaired) electrons. The van der Waals surface area contributed by atoms with E-state index in [2.05, 4.69) is 63.1 Å². The molecule has 0 saturated carbocycles. The molecular formula is C23H27ClN2O4. The monoisotopic (exact) mass is 430 g/mol. The standard InChI is InChI=1S/C20H23N2O2.C3H4O2.ClH/c1-22(2,14-6-13-21-19(23)11-12-20(21)24)15-17-9-5-8-16-7-3-4-10-18(16)17;1-2-3(4)5;/h3-5,7-12H,6,13-15H2,1-2H3;2H,1H2,(H,4,5);1H/q+1;;/p-1. The second kappa shape index (κ2) is 11.3. The van der Waals surface area contributed by atoms with E-state index < -0.39 is 5.97 Å². The summed E-state index contributed by atoms with van der Waals surface area (Å²) in [6, 6.07) is 14.9. The van der Waals surface area contributed by atoms with Gasteiger partial charge in [0.2, 0.25) is 0 Å². The molecule has 6 nitrogen and oxygen atoms in total. The Balaban J connectivity index is 0.000000674. The van der Waals surface area contributed by atoms with Crippen LogP contribution in [0.3, 0.4) is 0 Å². The number of rotatable bonds is 7. The normalized spacial score (nSPS) is 12.9. The minimum absolute atomic E-state index is 0. The topological polar surface area (TPSA) is 74.7 Å². The molecule has 2 amide bonds. The molecule has 0 fully saturated rings. The molecule has 30 heavy (non-hydrogen) atoms. The number of hydrogen-bond acceptors (Lipinski definition) is 3. The molecule has 0 bridgehead atoms. The Morgan fingerprint density at radius 3 is 2.23 bits per heavy atom. The van der Waals surface area contributed by atoms with Gasteiger partial charge in [-0.05, 0) is 10.8 Å². The summed E-state index contributed by atoms with van der Waals surface area (Å²) in [6.07, 6.45) is 4.33. The second-order valence-corrected chi connectivity index (χ2v) is 7.51. The highest BCUT2D eigenvalue weighted by molar-refractivity contribution is 6.12. The van der Waals surface area contributed by atoms with E-state index >= 15 is 0 Å². The lowest BCUT2D eigenvalue weighted by atomic mass is 10.0. The first-order valence-electron chi connectivity index (χ1n) is 9.41. The highest BCUT2D eigenvalue weighted by Gasteiger charge is 2.24. The van der Waals surface area contributed by atoms with Crippen molar-refractivity contribution in [2.75, 3.05) is 27.2 Å². The summed E-state index contributed by atoms with van der Waals surface area (Å²) in [5.74, 6) is -1.37. The van der Waals surface area contributed by atoms with E-state index in [0.717, 1.165) is 30.1 Å². The van der Waals surface area contributed by atoms with Crippen LogP contribution in [0.15, 0.2) is 67.3 Å². The highest BCUT2D eigenvalue weighted by Crippen LogP contribution is 2.21. The van der Waals surface area contributed by atoms with E-state index in [-0.39, 0.29) is 24.2 Å². The SMILES string of the molecule is C=CC(=O)O.C[N+](C)(CCCN1C(=O)C=CC1=O)Cc1cccc2ccccc12.[Cl-]. The average molecular weight is 431 g/mol. The van der Waals surface area contributed by atoms with Crippen LogP contribution in [0.2, 0.25) is 0 Å². The molecule has 1 N–H and O–H groups in total. The van der Waals surface area contributed by atoms with Gasteiger partial charge in [-0.2, -0.15) is 0 Å². The zero-order valence-electron chi connectivity index (χ0n) is 17.3. The van der Waals surface area contributed by atoms with Gasteiger partial charge in [0, 0.05) is 36.8 Å². The minimum atomic E-state index is -0.981. The molecule has 0 aromatic heterocycles. The summed E-state index contributed by atoms with van der Waals surface area (Å²) in [5, 5.41) is 10.2. The van der Waals surface area contributed by atoms with E-state index in [1.807, 2.05) is 0 Å². The van der Waals surface area contributed by atoms with Crippen molar-refractivity contribution in [1.82, 2.24) is 4.90 Å². The summed E-state index contributed by atoms with van der Waals surface area (Å²) >= 11 is 0. The maximum atomic E-state index is 11.6. The van der Waals surface area contributed by atoms with Crippen molar-refractivity contribution in [3.8, 4) is 0 Å². The summed E-state index contributed by atoms with van der Waals surface area (Å²) in [7, 11) is 4.38. The van der Waals surface area contributed by atoms with E-state index in [9.17, 15) is 14.4 Å². The number of imide groups is 1. The third-order valence-electron chi connectivity index (χ3n) is 4.70. The fraction of sp³-hybridized carbons (Fsp3) is 0.261. The number of fused-ring (bicyclic) bond motifs is 1. The second-order valence-electron chi connectivity index (χ2n) is 7.51. The largest absolute Gasteiger partial charge is 1.00 e. The predicted octanol–water partition coefficient (Wildman–Crippen LogP) is -0.00770. The summed E-state index contributed by atoms with van der Waals surface area (Å²) in [4.78, 5) is 33.7. The van der Waals surface area contributed by atoms with Crippen molar-refractivity contribution in [3.63, 3.8) is 0 Å². The van der Waals surface area contributed by atoms with Gasteiger partial charge in [-0.15, -0.1) is 0 Å². The van der Waals surface area contributed by atoms with Crippen molar-refractivity contribution in [2.45, 2.75) is 13.0 Å². The maximum absolute atomic E-state index is 11.6. The smallest absolute Gasteiger partial charge is 0.327 e. The van der Waals surface area contributed by atoms with Gasteiger partial charge >= 0.3 is 5.97 Å². The number of carboxylic acids is 1. The van der Waals surface area contributed by atoms with Crippen molar-refractivity contribution in [1.29, 1.82) is 0 Å². The number of nitrogens with zero attached hydrogens (tertiary/aromatic N) is 2. The van der Waals surface area contributed by atoms with Crippen molar-refractivity contribution in [3.05, 3.63) is 72.8 Å². The molecule has 7 heteroatoms. The molecule has 1 aliphatic rings. The third kappa shape index (κ3) is 7.13. The zero-order valence-corrected chi connectivity index (χ0v) is 18.0. The maximum Gasteiger partial charge on any atom is 0.327 e. The van der Waals surface area contributed by atoms with Gasteiger partial charge in [-0.1, -0.05) is 49.0 Å². The quantitative estimate of drug-likeness (QED) is 0.381. The van der Waals surface area contributed by atoms with E-state index in [1.54, 1.807) is 0 Å². The zero-order chi connectivity index (χ0) is 21.4. The molecule has 0 unspecified atom stereocenters. The molecule has 3 rings (SSSR count). The van der Waals surface area contributed by atoms with Crippen LogP contribution in [0.5, 0.6) is 0 Å². The fourth-order valence-electron chi connectivity index (χ4n) is 3.28. The molecule has 0 spiro atoms. The lowest BCUT2D eigenvalue weighted by Gasteiger charge is -2.31. The number of amides is 2. The number of hydrogen-bond donors (Lipinski definition) is 1. The van der Waals surface area contributed by atoms with Crippen molar-refractivity contribution in [2.24, 2.45) is 0 Å². The van der Waals surface area contributed by atoms with Crippen LogP contribution in [0.1, 0.15) is 12.0 Å². The van der Waals surface area contributed by atoms with Gasteiger partial charge in [0.25, 0.3) is 11.8 Å². The first-order chi connectivity index (χ1) is 13.7. The molecule has 0 aliphatic carbocycles. The number of quaternary nitrogens is 1. The molecule has 160 valence electrons. The predicted molar refractivity (Wildman–Crippen MR) is 113 cm³/mol. The van der Waals surface area contributed by atoms with E-state index in [1.165, 1.54) is 33.4 Å². The molecule has 0 atom stereocenters. The number of halogens is 1.